The lowest BCUT2D eigenvalue weighted by atomic mass is 9.95. The Morgan fingerprint density at radius 1 is 0.308 bits per heavy atom. The van der Waals surface area contributed by atoms with Crippen LogP contribution in [-0.4, -0.2) is 9.13 Å². The molecule has 0 aliphatic carbocycles. The van der Waals surface area contributed by atoms with Crippen LogP contribution in [0.5, 0.6) is 0 Å². The van der Waals surface area contributed by atoms with Crippen LogP contribution in [0.15, 0.2) is 231 Å². The molecule has 0 saturated heterocycles. The van der Waals surface area contributed by atoms with E-state index in [9.17, 15) is 0 Å². The van der Waals surface area contributed by atoms with Gasteiger partial charge in [-0.3, -0.25) is 0 Å². The molecule has 3 heteroatoms. The molecular formula is C62H38N2S. The quantitative estimate of drug-likeness (QED) is 0.163. The summed E-state index contributed by atoms with van der Waals surface area (Å²) in [5.41, 5.74) is 14.4. The van der Waals surface area contributed by atoms with Gasteiger partial charge in [0.1, 0.15) is 0 Å². The molecule has 0 aliphatic rings. The first kappa shape index (κ1) is 36.3. The molecule has 0 unspecified atom stereocenters. The molecular weight excluding hydrogens is 805 g/mol. The first-order chi connectivity index (χ1) is 32.3. The SMILES string of the molecule is c1ccc(-c2ccc(-n3c4cccc(-c5ccccc5)c4c4c5ccccc5c5c6cc7c8ccccc8n(-c8ccc9ccccc9c8)c7cc6sc5c43)c(-c3ccccc3)c2)cc1. The minimum Gasteiger partial charge on any atom is -0.309 e. The number of hydrogen-bond acceptors (Lipinski definition) is 1. The summed E-state index contributed by atoms with van der Waals surface area (Å²) in [6.07, 6.45) is 0. The molecule has 0 spiro atoms. The normalized spacial score (nSPS) is 12.0. The lowest BCUT2D eigenvalue weighted by Gasteiger charge is -2.17. The van der Waals surface area contributed by atoms with Crippen LogP contribution in [0.2, 0.25) is 0 Å². The average Bonchev–Trinajstić information content (AvgIpc) is 4.04. The molecule has 65 heavy (non-hydrogen) atoms. The van der Waals surface area contributed by atoms with Gasteiger partial charge in [-0.2, -0.15) is 0 Å². The van der Waals surface area contributed by atoms with Crippen molar-refractivity contribution in [2.45, 2.75) is 0 Å². The Balaban J connectivity index is 1.16. The van der Waals surface area contributed by atoms with Crippen molar-refractivity contribution in [3.05, 3.63) is 231 Å². The highest BCUT2D eigenvalue weighted by atomic mass is 32.1. The van der Waals surface area contributed by atoms with Gasteiger partial charge in [-0.05, 0) is 97.9 Å². The molecule has 302 valence electrons. The van der Waals surface area contributed by atoms with E-state index in [0.717, 1.165) is 5.69 Å². The molecule has 0 amide bonds. The molecule has 2 nitrogen and oxygen atoms in total. The van der Waals surface area contributed by atoms with Crippen LogP contribution in [0, 0.1) is 0 Å². The molecule has 3 aromatic heterocycles. The number of aromatic nitrogens is 2. The summed E-state index contributed by atoms with van der Waals surface area (Å²) < 4.78 is 7.64. The Kier molecular flexibility index (Phi) is 7.89. The van der Waals surface area contributed by atoms with E-state index in [1.807, 2.05) is 11.3 Å². The first-order valence-corrected chi connectivity index (χ1v) is 23.2. The summed E-state index contributed by atoms with van der Waals surface area (Å²) in [6, 6.07) is 85.1. The fourth-order valence-electron chi connectivity index (χ4n) is 10.8. The second kappa shape index (κ2) is 14.1. The number of thiophene rings is 1. The third-order valence-electron chi connectivity index (χ3n) is 13.7. The molecule has 14 aromatic rings. The van der Waals surface area contributed by atoms with Gasteiger partial charge in [0.05, 0.1) is 32.5 Å². The lowest BCUT2D eigenvalue weighted by molar-refractivity contribution is 1.19. The summed E-state index contributed by atoms with van der Waals surface area (Å²) in [5, 5.41) is 12.7. The zero-order valence-electron chi connectivity index (χ0n) is 35.2. The van der Waals surface area contributed by atoms with E-state index < -0.39 is 0 Å². The van der Waals surface area contributed by atoms with Gasteiger partial charge in [0.2, 0.25) is 0 Å². The van der Waals surface area contributed by atoms with E-state index in [4.69, 9.17) is 0 Å². The summed E-state index contributed by atoms with van der Waals surface area (Å²) in [4.78, 5) is 0. The van der Waals surface area contributed by atoms with Crippen LogP contribution in [-0.2, 0) is 0 Å². The number of rotatable bonds is 5. The summed E-state index contributed by atoms with van der Waals surface area (Å²) in [5.74, 6) is 0. The van der Waals surface area contributed by atoms with Crippen molar-refractivity contribution >= 4 is 96.7 Å². The van der Waals surface area contributed by atoms with E-state index in [0.29, 0.717) is 0 Å². The van der Waals surface area contributed by atoms with Gasteiger partial charge in [-0.15, -0.1) is 11.3 Å². The Labute approximate surface area is 379 Å². The molecule has 14 rings (SSSR count). The van der Waals surface area contributed by atoms with Crippen molar-refractivity contribution < 1.29 is 0 Å². The number of benzene rings is 11. The molecule has 0 N–H and O–H groups in total. The summed E-state index contributed by atoms with van der Waals surface area (Å²) in [6.45, 7) is 0. The maximum atomic E-state index is 2.60. The number of nitrogens with zero attached hydrogens (tertiary/aromatic N) is 2. The van der Waals surface area contributed by atoms with Gasteiger partial charge >= 0.3 is 0 Å². The smallest absolute Gasteiger partial charge is 0.0726 e. The first-order valence-electron chi connectivity index (χ1n) is 22.3. The van der Waals surface area contributed by atoms with Crippen LogP contribution in [0.3, 0.4) is 0 Å². The standard InChI is InChI=1S/C62H38N2S/c1-4-17-39(18-5-1)44-32-34-54(50(36-44)42-22-8-3-9-23-42)64-55-30-16-28-46(41-20-6-2-7-21-41)59(55)60-49-27-13-12-26-48(49)58-52-37-51-47-25-14-15-29-53(47)63(56(51)38-57(52)65-62(58)61(60)64)45-33-31-40-19-10-11-24-43(40)35-45/h1-38H. The summed E-state index contributed by atoms with van der Waals surface area (Å²) >= 11 is 1.93. The zero-order valence-corrected chi connectivity index (χ0v) is 36.1. The van der Waals surface area contributed by atoms with Crippen LogP contribution < -0.4 is 0 Å². The maximum absolute atomic E-state index is 2.60. The fourth-order valence-corrected chi connectivity index (χ4v) is 12.1. The second-order valence-corrected chi connectivity index (χ2v) is 18.2. The Bertz CT molecular complexity index is 4210. The Morgan fingerprint density at radius 2 is 0.938 bits per heavy atom. The number of hydrogen-bond donors (Lipinski definition) is 0. The van der Waals surface area contributed by atoms with E-state index in [1.165, 1.54) is 124 Å². The minimum atomic E-state index is 1.16. The lowest BCUT2D eigenvalue weighted by Crippen LogP contribution is -1.98. The van der Waals surface area contributed by atoms with E-state index in [2.05, 4.69) is 240 Å². The van der Waals surface area contributed by atoms with Crippen LogP contribution in [0.1, 0.15) is 0 Å². The van der Waals surface area contributed by atoms with E-state index in [-0.39, 0.29) is 0 Å². The minimum absolute atomic E-state index is 1.16. The van der Waals surface area contributed by atoms with Gasteiger partial charge in [0, 0.05) is 48.3 Å². The van der Waals surface area contributed by atoms with Crippen LogP contribution in [0.4, 0.5) is 0 Å². The Hall–Kier alpha value is -8.24. The van der Waals surface area contributed by atoms with Crippen molar-refractivity contribution in [2.75, 3.05) is 0 Å². The van der Waals surface area contributed by atoms with Gasteiger partial charge in [-0.1, -0.05) is 182 Å². The van der Waals surface area contributed by atoms with Gasteiger partial charge in [-0.25, -0.2) is 0 Å². The molecule has 0 fully saturated rings. The second-order valence-electron chi connectivity index (χ2n) is 17.2. The van der Waals surface area contributed by atoms with Crippen molar-refractivity contribution in [1.29, 1.82) is 0 Å². The molecule has 3 heterocycles. The third kappa shape index (κ3) is 5.40. The van der Waals surface area contributed by atoms with Gasteiger partial charge in [0.25, 0.3) is 0 Å². The van der Waals surface area contributed by atoms with Gasteiger partial charge in [0.15, 0.2) is 0 Å². The highest BCUT2D eigenvalue weighted by Crippen LogP contribution is 2.52. The highest BCUT2D eigenvalue weighted by Gasteiger charge is 2.26. The number of fused-ring (bicyclic) bond motifs is 14. The van der Waals surface area contributed by atoms with Crippen LogP contribution in [0.25, 0.3) is 130 Å². The average molecular weight is 843 g/mol. The zero-order chi connectivity index (χ0) is 42.6. The fraction of sp³-hybridized carbons (Fsp3) is 0. The molecule has 0 atom stereocenters. The van der Waals surface area contributed by atoms with Crippen molar-refractivity contribution in [3.8, 4) is 44.8 Å². The molecule has 0 saturated carbocycles. The summed E-state index contributed by atoms with van der Waals surface area (Å²) in [7, 11) is 0. The van der Waals surface area contributed by atoms with Crippen molar-refractivity contribution in [1.82, 2.24) is 9.13 Å². The third-order valence-corrected chi connectivity index (χ3v) is 14.8. The topological polar surface area (TPSA) is 9.86 Å². The van der Waals surface area contributed by atoms with Crippen molar-refractivity contribution in [2.24, 2.45) is 0 Å². The van der Waals surface area contributed by atoms with E-state index in [1.54, 1.807) is 0 Å². The molecule has 0 bridgehead atoms. The largest absolute Gasteiger partial charge is 0.309 e. The van der Waals surface area contributed by atoms with E-state index >= 15 is 0 Å². The predicted molar refractivity (Wildman–Crippen MR) is 279 cm³/mol. The molecule has 0 radical (unpaired) electrons. The number of para-hydroxylation sites is 1. The Morgan fingerprint density at radius 3 is 1.71 bits per heavy atom. The maximum Gasteiger partial charge on any atom is 0.0726 e. The molecule has 11 aromatic carbocycles. The van der Waals surface area contributed by atoms with Gasteiger partial charge < -0.3 is 9.13 Å². The van der Waals surface area contributed by atoms with Crippen molar-refractivity contribution in [3.63, 3.8) is 0 Å². The highest BCUT2D eigenvalue weighted by molar-refractivity contribution is 7.27. The monoisotopic (exact) mass is 842 g/mol. The van der Waals surface area contributed by atoms with Crippen LogP contribution >= 0.6 is 11.3 Å². The predicted octanol–water partition coefficient (Wildman–Crippen LogP) is 17.6. The molecule has 0 aliphatic heterocycles.